The average molecular weight is 252 g/mol. The molecule has 90 valence electrons. The van der Waals surface area contributed by atoms with Gasteiger partial charge in [0.2, 0.25) is 0 Å². The summed E-state index contributed by atoms with van der Waals surface area (Å²) in [6, 6.07) is 5.77. The molecule has 2 heterocycles. The van der Waals surface area contributed by atoms with E-state index in [-0.39, 0.29) is 6.04 Å². The number of aromatic nitrogens is 2. The molecule has 2 rings (SSSR count). The van der Waals surface area contributed by atoms with Crippen molar-refractivity contribution in [1.29, 1.82) is 0 Å². The molecular weight excluding hydrogens is 238 g/mol. The van der Waals surface area contributed by atoms with E-state index in [0.29, 0.717) is 11.0 Å². The molecule has 0 saturated carbocycles. The van der Waals surface area contributed by atoms with Crippen molar-refractivity contribution in [3.8, 4) is 0 Å². The minimum absolute atomic E-state index is 0.214. The normalized spacial score (nSPS) is 12.4. The Hall–Kier alpha value is -1.55. The summed E-state index contributed by atoms with van der Waals surface area (Å²) in [6.45, 7) is 3.88. The molecule has 0 fully saturated rings. The molecule has 0 amide bonds. The van der Waals surface area contributed by atoms with Gasteiger partial charge in [0.1, 0.15) is 22.6 Å². The average Bonchev–Trinajstić information content (AvgIpc) is 2.67. The lowest BCUT2D eigenvalue weighted by Crippen LogP contribution is -2.18. The van der Waals surface area contributed by atoms with Crippen molar-refractivity contribution in [1.82, 2.24) is 9.97 Å². The number of anilines is 1. The van der Waals surface area contributed by atoms with E-state index < -0.39 is 0 Å². The zero-order valence-electron chi connectivity index (χ0n) is 9.77. The lowest BCUT2D eigenvalue weighted by molar-refractivity contribution is 0.497. The van der Waals surface area contributed by atoms with Gasteiger partial charge in [-0.3, -0.25) is 0 Å². The van der Waals surface area contributed by atoms with Crippen LogP contribution in [0.4, 0.5) is 5.82 Å². The fraction of sp³-hybridized carbons (Fsp3) is 0.333. The standard InChI is InChI=1S/C12H14ClN3O/c1-8(6-10-4-3-5-17-10)14-12-7-11(13)15-9(2)16-12/h3-5,7-8H,6H2,1-2H3,(H,14,15,16). The predicted molar refractivity (Wildman–Crippen MR) is 67.3 cm³/mol. The summed E-state index contributed by atoms with van der Waals surface area (Å²) in [4.78, 5) is 8.28. The van der Waals surface area contributed by atoms with Crippen molar-refractivity contribution in [2.75, 3.05) is 5.32 Å². The number of furan rings is 1. The van der Waals surface area contributed by atoms with Gasteiger partial charge in [-0.05, 0) is 26.0 Å². The topological polar surface area (TPSA) is 51.0 Å². The van der Waals surface area contributed by atoms with Crippen LogP contribution in [0.25, 0.3) is 0 Å². The first kappa shape index (κ1) is 11.9. The van der Waals surface area contributed by atoms with E-state index in [1.54, 1.807) is 12.3 Å². The number of nitrogens with zero attached hydrogens (tertiary/aromatic N) is 2. The van der Waals surface area contributed by atoms with E-state index in [4.69, 9.17) is 16.0 Å². The van der Waals surface area contributed by atoms with Crippen molar-refractivity contribution in [3.63, 3.8) is 0 Å². The molecule has 0 aliphatic carbocycles. The van der Waals surface area contributed by atoms with Crippen molar-refractivity contribution in [2.45, 2.75) is 26.3 Å². The van der Waals surface area contributed by atoms with Gasteiger partial charge >= 0.3 is 0 Å². The molecule has 1 atom stereocenters. The summed E-state index contributed by atoms with van der Waals surface area (Å²) < 4.78 is 5.29. The van der Waals surface area contributed by atoms with Gasteiger partial charge in [0.15, 0.2) is 0 Å². The lowest BCUT2D eigenvalue weighted by Gasteiger charge is -2.13. The van der Waals surface area contributed by atoms with Gasteiger partial charge in [0.25, 0.3) is 0 Å². The van der Waals surface area contributed by atoms with Crippen LogP contribution in [0.1, 0.15) is 18.5 Å². The number of hydrogen-bond acceptors (Lipinski definition) is 4. The molecule has 2 aromatic heterocycles. The van der Waals surface area contributed by atoms with E-state index in [2.05, 4.69) is 22.2 Å². The minimum Gasteiger partial charge on any atom is -0.469 e. The van der Waals surface area contributed by atoms with Crippen molar-refractivity contribution in [3.05, 3.63) is 41.2 Å². The molecule has 5 heteroatoms. The molecule has 17 heavy (non-hydrogen) atoms. The third-order valence-corrected chi connectivity index (χ3v) is 2.48. The lowest BCUT2D eigenvalue weighted by atomic mass is 10.2. The fourth-order valence-electron chi connectivity index (χ4n) is 1.64. The van der Waals surface area contributed by atoms with Gasteiger partial charge in [0, 0.05) is 18.5 Å². The van der Waals surface area contributed by atoms with Crippen LogP contribution in [-0.2, 0) is 6.42 Å². The monoisotopic (exact) mass is 251 g/mol. The second kappa shape index (κ2) is 5.19. The van der Waals surface area contributed by atoms with Crippen molar-refractivity contribution >= 4 is 17.4 Å². The van der Waals surface area contributed by atoms with Gasteiger partial charge in [-0.2, -0.15) is 0 Å². The Labute approximate surface area is 105 Å². The van der Waals surface area contributed by atoms with E-state index in [1.807, 2.05) is 19.1 Å². The Morgan fingerprint density at radius 1 is 1.47 bits per heavy atom. The minimum atomic E-state index is 0.214. The first-order chi connectivity index (χ1) is 8.13. The summed E-state index contributed by atoms with van der Waals surface area (Å²) in [6.07, 6.45) is 2.47. The Bertz CT molecular complexity index is 464. The van der Waals surface area contributed by atoms with E-state index in [0.717, 1.165) is 18.0 Å². The number of aryl methyl sites for hydroxylation is 1. The summed E-state index contributed by atoms with van der Waals surface area (Å²) in [5, 5.41) is 3.72. The summed E-state index contributed by atoms with van der Waals surface area (Å²) in [7, 11) is 0. The number of hydrogen-bond donors (Lipinski definition) is 1. The Morgan fingerprint density at radius 2 is 2.29 bits per heavy atom. The van der Waals surface area contributed by atoms with E-state index in [9.17, 15) is 0 Å². The molecule has 0 aliphatic heterocycles. The van der Waals surface area contributed by atoms with Crippen LogP contribution in [0.5, 0.6) is 0 Å². The molecule has 0 spiro atoms. The molecule has 0 bridgehead atoms. The molecule has 2 aromatic rings. The first-order valence-electron chi connectivity index (χ1n) is 5.43. The van der Waals surface area contributed by atoms with Crippen LogP contribution in [0.3, 0.4) is 0 Å². The maximum Gasteiger partial charge on any atom is 0.134 e. The second-order valence-corrected chi connectivity index (χ2v) is 4.34. The number of halogens is 1. The highest BCUT2D eigenvalue weighted by Gasteiger charge is 2.07. The Morgan fingerprint density at radius 3 is 2.94 bits per heavy atom. The maximum atomic E-state index is 5.87. The highest BCUT2D eigenvalue weighted by Crippen LogP contribution is 2.13. The van der Waals surface area contributed by atoms with Crippen molar-refractivity contribution in [2.24, 2.45) is 0 Å². The molecule has 4 nitrogen and oxygen atoms in total. The fourth-order valence-corrected chi connectivity index (χ4v) is 1.86. The van der Waals surface area contributed by atoms with Crippen LogP contribution >= 0.6 is 11.6 Å². The van der Waals surface area contributed by atoms with Gasteiger partial charge in [0.05, 0.1) is 6.26 Å². The molecule has 1 unspecified atom stereocenters. The highest BCUT2D eigenvalue weighted by molar-refractivity contribution is 6.29. The third-order valence-electron chi connectivity index (χ3n) is 2.29. The van der Waals surface area contributed by atoms with Crippen LogP contribution in [0.2, 0.25) is 5.15 Å². The zero-order chi connectivity index (χ0) is 12.3. The third kappa shape index (κ3) is 3.46. The largest absolute Gasteiger partial charge is 0.469 e. The van der Waals surface area contributed by atoms with E-state index in [1.165, 1.54) is 0 Å². The maximum absolute atomic E-state index is 5.87. The Kier molecular flexibility index (Phi) is 3.64. The summed E-state index contributed by atoms with van der Waals surface area (Å²) in [5.41, 5.74) is 0. The molecule has 0 aromatic carbocycles. The second-order valence-electron chi connectivity index (χ2n) is 3.95. The molecular formula is C12H14ClN3O. The number of nitrogens with one attached hydrogen (secondary N) is 1. The summed E-state index contributed by atoms with van der Waals surface area (Å²) in [5.74, 6) is 2.34. The van der Waals surface area contributed by atoms with Crippen LogP contribution < -0.4 is 5.32 Å². The van der Waals surface area contributed by atoms with Gasteiger partial charge in [-0.25, -0.2) is 9.97 Å². The van der Waals surface area contributed by atoms with Crippen LogP contribution in [0.15, 0.2) is 28.9 Å². The molecule has 1 N–H and O–H groups in total. The molecule has 0 radical (unpaired) electrons. The first-order valence-corrected chi connectivity index (χ1v) is 5.81. The summed E-state index contributed by atoms with van der Waals surface area (Å²) >= 11 is 5.87. The molecule has 0 saturated heterocycles. The van der Waals surface area contributed by atoms with Gasteiger partial charge in [-0.1, -0.05) is 11.6 Å². The van der Waals surface area contributed by atoms with Crippen LogP contribution in [0, 0.1) is 6.92 Å². The SMILES string of the molecule is Cc1nc(Cl)cc(NC(C)Cc2ccco2)n1. The number of rotatable bonds is 4. The van der Waals surface area contributed by atoms with Gasteiger partial charge in [-0.15, -0.1) is 0 Å². The predicted octanol–water partition coefficient (Wildman–Crippen LogP) is 3.07. The quantitative estimate of drug-likeness (QED) is 0.849. The Balaban J connectivity index is 2.00. The smallest absolute Gasteiger partial charge is 0.134 e. The van der Waals surface area contributed by atoms with Crippen molar-refractivity contribution < 1.29 is 4.42 Å². The van der Waals surface area contributed by atoms with Gasteiger partial charge < -0.3 is 9.73 Å². The van der Waals surface area contributed by atoms with Crippen LogP contribution in [-0.4, -0.2) is 16.0 Å². The zero-order valence-corrected chi connectivity index (χ0v) is 10.5. The molecule has 0 aliphatic rings. The highest BCUT2D eigenvalue weighted by atomic mass is 35.5. The van der Waals surface area contributed by atoms with E-state index >= 15 is 0 Å².